The van der Waals surface area contributed by atoms with Gasteiger partial charge in [0.15, 0.2) is 0 Å². The smallest absolute Gasteiger partial charge is 0.222 e. The number of carbonyl (C=O) groups excluding carboxylic acids is 1. The number of hydrogen-bond donors (Lipinski definition) is 1. The van der Waals surface area contributed by atoms with E-state index in [-0.39, 0.29) is 0 Å². The minimum Gasteiger partial charge on any atom is -0.340 e. The molecule has 1 saturated carbocycles. The summed E-state index contributed by atoms with van der Waals surface area (Å²) < 4.78 is 0. The van der Waals surface area contributed by atoms with E-state index < -0.39 is 0 Å². The van der Waals surface area contributed by atoms with Gasteiger partial charge in [0.1, 0.15) is 0 Å². The average molecular weight is 448 g/mol. The lowest BCUT2D eigenvalue weighted by Gasteiger charge is -2.36. The van der Waals surface area contributed by atoms with Crippen LogP contribution in [-0.2, 0) is 4.79 Å². The number of nitrogens with one attached hydrogen (secondary N) is 1. The number of rotatable bonds is 10. The second-order valence-electron chi connectivity index (χ2n) is 9.85. The molecule has 178 valence electrons. The molecule has 2 aromatic carbocycles. The Hall–Kier alpha value is -2.17. The fourth-order valence-corrected chi connectivity index (χ4v) is 5.44. The zero-order chi connectivity index (χ0) is 22.7. The van der Waals surface area contributed by atoms with Gasteiger partial charge in [-0.1, -0.05) is 86.3 Å². The van der Waals surface area contributed by atoms with Crippen LogP contribution in [0, 0.1) is 5.92 Å². The topological polar surface area (TPSA) is 35.6 Å². The summed E-state index contributed by atoms with van der Waals surface area (Å²) in [6.07, 6.45) is 10.8. The fourth-order valence-electron chi connectivity index (χ4n) is 5.44. The Labute approximate surface area is 200 Å². The molecule has 1 amide bonds. The molecule has 2 aliphatic rings. The Morgan fingerprint density at radius 2 is 1.42 bits per heavy atom. The molecule has 4 heteroatoms. The number of nitrogens with zero attached hydrogens (tertiary/aromatic N) is 2. The van der Waals surface area contributed by atoms with Gasteiger partial charge in [-0.05, 0) is 42.7 Å². The largest absolute Gasteiger partial charge is 0.340 e. The molecule has 4 nitrogen and oxygen atoms in total. The molecule has 1 aliphatic carbocycles. The van der Waals surface area contributed by atoms with Crippen molar-refractivity contribution in [1.82, 2.24) is 15.3 Å². The Morgan fingerprint density at radius 1 is 0.818 bits per heavy atom. The summed E-state index contributed by atoms with van der Waals surface area (Å²) in [5, 5.41) is 2.34. The summed E-state index contributed by atoms with van der Waals surface area (Å²) in [7, 11) is 0. The molecule has 4 rings (SSSR count). The van der Waals surface area contributed by atoms with Gasteiger partial charge in [0, 0.05) is 45.1 Å². The summed E-state index contributed by atoms with van der Waals surface area (Å²) in [6, 6.07) is 21.6. The number of amides is 1. The van der Waals surface area contributed by atoms with E-state index in [1.807, 2.05) is 0 Å². The highest BCUT2D eigenvalue weighted by atomic mass is 16.2. The van der Waals surface area contributed by atoms with Gasteiger partial charge in [-0.25, -0.2) is 5.01 Å². The van der Waals surface area contributed by atoms with Crippen LogP contribution in [0.5, 0.6) is 0 Å². The van der Waals surface area contributed by atoms with Gasteiger partial charge in [0.05, 0.1) is 0 Å². The third-order valence-electron chi connectivity index (χ3n) is 7.50. The Kier molecular flexibility index (Phi) is 9.37. The highest BCUT2D eigenvalue weighted by Crippen LogP contribution is 2.30. The lowest BCUT2D eigenvalue weighted by atomic mass is 9.87. The lowest BCUT2D eigenvalue weighted by molar-refractivity contribution is -0.133. The van der Waals surface area contributed by atoms with Crippen LogP contribution in [0.2, 0.25) is 0 Å². The molecule has 0 atom stereocenters. The predicted octanol–water partition coefficient (Wildman–Crippen LogP) is 5.61. The van der Waals surface area contributed by atoms with E-state index >= 15 is 0 Å². The standard InChI is InChI=1S/C29H41N3O/c33-29(31-20-22-32(23-21-31)30-24-25-12-4-1-5-13-25)19-11-10-18-28(26-14-6-2-7-15-26)27-16-8-3-9-17-27/h2-3,6-9,14-17,25,28,30H,1,4-5,10-13,18-24H2. The van der Waals surface area contributed by atoms with Crippen LogP contribution in [0.1, 0.15) is 74.8 Å². The van der Waals surface area contributed by atoms with E-state index in [9.17, 15) is 4.79 Å². The third kappa shape index (κ3) is 7.41. The molecule has 33 heavy (non-hydrogen) atoms. The van der Waals surface area contributed by atoms with Crippen LogP contribution in [0.25, 0.3) is 0 Å². The molecule has 1 aliphatic heterocycles. The van der Waals surface area contributed by atoms with Crippen LogP contribution in [0.4, 0.5) is 0 Å². The van der Waals surface area contributed by atoms with Crippen LogP contribution in [-0.4, -0.2) is 48.5 Å². The van der Waals surface area contributed by atoms with Crippen LogP contribution < -0.4 is 5.43 Å². The molecule has 0 spiro atoms. The SMILES string of the molecule is O=C(CCCCC(c1ccccc1)c1ccccc1)N1CCN(NCC2CCCCC2)CC1. The maximum absolute atomic E-state index is 12.8. The molecule has 0 aromatic heterocycles. The number of hydrazine groups is 1. The molecule has 0 bridgehead atoms. The van der Waals surface area contributed by atoms with Gasteiger partial charge < -0.3 is 4.90 Å². The maximum atomic E-state index is 12.8. The Bertz CT molecular complexity index is 772. The summed E-state index contributed by atoms with van der Waals surface area (Å²) in [5.74, 6) is 1.58. The summed E-state index contributed by atoms with van der Waals surface area (Å²) in [4.78, 5) is 14.9. The van der Waals surface area contributed by atoms with Crippen molar-refractivity contribution in [2.75, 3.05) is 32.7 Å². The summed E-state index contributed by atoms with van der Waals surface area (Å²) in [5.41, 5.74) is 6.38. The number of hydrogen-bond acceptors (Lipinski definition) is 3. The first-order valence-corrected chi connectivity index (χ1v) is 13.2. The Balaban J connectivity index is 1.16. The maximum Gasteiger partial charge on any atom is 0.222 e. The van der Waals surface area contributed by atoms with E-state index in [4.69, 9.17) is 0 Å². The molecule has 1 heterocycles. The second-order valence-corrected chi connectivity index (χ2v) is 9.85. The molecule has 1 N–H and O–H groups in total. The first-order valence-electron chi connectivity index (χ1n) is 13.2. The van der Waals surface area contributed by atoms with E-state index in [0.717, 1.165) is 57.9 Å². The van der Waals surface area contributed by atoms with Gasteiger partial charge in [0.2, 0.25) is 5.91 Å². The summed E-state index contributed by atoms with van der Waals surface area (Å²) in [6.45, 7) is 4.71. The van der Waals surface area contributed by atoms with Crippen molar-refractivity contribution in [3.05, 3.63) is 71.8 Å². The van der Waals surface area contributed by atoms with Crippen molar-refractivity contribution in [3.8, 4) is 0 Å². The molecule has 2 fully saturated rings. The van der Waals surface area contributed by atoms with Crippen molar-refractivity contribution in [3.63, 3.8) is 0 Å². The quantitative estimate of drug-likeness (QED) is 0.481. The van der Waals surface area contributed by atoms with Crippen molar-refractivity contribution in [1.29, 1.82) is 0 Å². The first-order chi connectivity index (χ1) is 16.3. The number of unbranched alkanes of at least 4 members (excludes halogenated alkanes) is 1. The Morgan fingerprint density at radius 3 is 2.03 bits per heavy atom. The van der Waals surface area contributed by atoms with E-state index in [2.05, 4.69) is 76.0 Å². The predicted molar refractivity (Wildman–Crippen MR) is 136 cm³/mol. The van der Waals surface area contributed by atoms with Crippen molar-refractivity contribution in [2.45, 2.75) is 63.7 Å². The number of piperazine rings is 1. The van der Waals surface area contributed by atoms with Gasteiger partial charge in [-0.3, -0.25) is 10.2 Å². The van der Waals surface area contributed by atoms with Crippen molar-refractivity contribution < 1.29 is 4.79 Å². The lowest BCUT2D eigenvalue weighted by Crippen LogP contribution is -2.54. The zero-order valence-corrected chi connectivity index (χ0v) is 20.1. The summed E-state index contributed by atoms with van der Waals surface area (Å²) >= 11 is 0. The molecule has 2 aromatic rings. The molecule has 0 radical (unpaired) electrons. The molecular formula is C29H41N3O. The van der Waals surface area contributed by atoms with Gasteiger partial charge in [0.25, 0.3) is 0 Å². The minimum absolute atomic E-state index is 0.331. The fraction of sp³-hybridized carbons (Fsp3) is 0.552. The third-order valence-corrected chi connectivity index (χ3v) is 7.50. The van der Waals surface area contributed by atoms with Crippen LogP contribution >= 0.6 is 0 Å². The van der Waals surface area contributed by atoms with Gasteiger partial charge >= 0.3 is 0 Å². The monoisotopic (exact) mass is 447 g/mol. The van der Waals surface area contributed by atoms with Crippen LogP contribution in [0.3, 0.4) is 0 Å². The van der Waals surface area contributed by atoms with Gasteiger partial charge in [-0.15, -0.1) is 0 Å². The van der Waals surface area contributed by atoms with Gasteiger partial charge in [-0.2, -0.15) is 0 Å². The van der Waals surface area contributed by atoms with E-state index in [1.54, 1.807) is 0 Å². The normalized spacial score (nSPS) is 18.0. The average Bonchev–Trinajstić information content (AvgIpc) is 2.89. The number of carbonyl (C=O) groups is 1. The highest BCUT2D eigenvalue weighted by molar-refractivity contribution is 5.76. The number of benzene rings is 2. The molecule has 1 saturated heterocycles. The highest BCUT2D eigenvalue weighted by Gasteiger charge is 2.22. The van der Waals surface area contributed by atoms with E-state index in [0.29, 0.717) is 18.2 Å². The molecular weight excluding hydrogens is 406 g/mol. The zero-order valence-electron chi connectivity index (χ0n) is 20.1. The van der Waals surface area contributed by atoms with E-state index in [1.165, 1.54) is 43.2 Å². The minimum atomic E-state index is 0.331. The van der Waals surface area contributed by atoms with Crippen molar-refractivity contribution >= 4 is 5.91 Å². The van der Waals surface area contributed by atoms with Crippen molar-refractivity contribution in [2.24, 2.45) is 5.92 Å². The van der Waals surface area contributed by atoms with Crippen LogP contribution in [0.15, 0.2) is 60.7 Å². The molecule has 0 unspecified atom stereocenters. The second kappa shape index (κ2) is 12.9. The first kappa shape index (κ1) is 24.0.